The molecule has 0 radical (unpaired) electrons. The van der Waals surface area contributed by atoms with Crippen molar-refractivity contribution in [1.29, 1.82) is 0 Å². The first-order valence-corrected chi connectivity index (χ1v) is 8.60. The summed E-state index contributed by atoms with van der Waals surface area (Å²) in [6, 6.07) is 2.53. The maximum Gasteiger partial charge on any atom is 0.286 e. The van der Waals surface area contributed by atoms with Crippen LogP contribution in [0.1, 0.15) is 57.3 Å². The van der Waals surface area contributed by atoms with Crippen molar-refractivity contribution in [3.05, 3.63) is 27.8 Å². The molecule has 1 aromatic carbocycles. The lowest BCUT2D eigenvalue weighted by Gasteiger charge is -2.16. The minimum Gasteiger partial charge on any atom is -0.493 e. The van der Waals surface area contributed by atoms with Gasteiger partial charge in [0.05, 0.1) is 24.7 Å². The van der Waals surface area contributed by atoms with Gasteiger partial charge >= 0.3 is 0 Å². The SMILES string of the molecule is CCOc1cc(C(=O)NC(C)CCCC(C)C)c([N+](=O)[O-])cc1OC. The number of ether oxygens (including phenoxy) is 2. The van der Waals surface area contributed by atoms with Gasteiger partial charge in [0.15, 0.2) is 11.5 Å². The van der Waals surface area contributed by atoms with Crippen molar-refractivity contribution >= 4 is 11.6 Å². The number of carbonyl (C=O) groups is 1. The van der Waals surface area contributed by atoms with Gasteiger partial charge in [-0.1, -0.05) is 26.7 Å². The van der Waals surface area contributed by atoms with E-state index in [2.05, 4.69) is 19.2 Å². The standard InChI is InChI=1S/C18H28N2O5/c1-6-25-17-10-14(15(20(22)23)11-16(17)24-5)18(21)19-13(4)9-7-8-12(2)3/h10-13H,6-9H2,1-5H3,(H,19,21). The number of amides is 1. The second kappa shape index (κ2) is 9.86. The Bertz CT molecular complexity index is 601. The average Bonchev–Trinajstić information content (AvgIpc) is 2.54. The molecule has 7 heteroatoms. The fraction of sp³-hybridized carbons (Fsp3) is 0.611. The highest BCUT2D eigenvalue weighted by atomic mass is 16.6. The van der Waals surface area contributed by atoms with Crippen LogP contribution in [0.4, 0.5) is 5.69 Å². The minimum absolute atomic E-state index is 0.0232. The third kappa shape index (κ3) is 6.25. The third-order valence-corrected chi connectivity index (χ3v) is 3.82. The Morgan fingerprint density at radius 1 is 1.24 bits per heavy atom. The number of nitro groups is 1. The normalized spacial score (nSPS) is 11.9. The quantitative estimate of drug-likeness (QED) is 0.508. The predicted molar refractivity (Wildman–Crippen MR) is 96.4 cm³/mol. The lowest BCUT2D eigenvalue weighted by atomic mass is 10.0. The van der Waals surface area contributed by atoms with Gasteiger partial charge in [-0.25, -0.2) is 0 Å². The van der Waals surface area contributed by atoms with Crippen LogP contribution in [-0.4, -0.2) is 30.6 Å². The van der Waals surface area contributed by atoms with E-state index >= 15 is 0 Å². The van der Waals surface area contributed by atoms with E-state index < -0.39 is 10.8 Å². The van der Waals surface area contributed by atoms with E-state index in [1.807, 2.05) is 6.92 Å². The molecule has 0 spiro atoms. The van der Waals surface area contributed by atoms with Crippen LogP contribution in [0, 0.1) is 16.0 Å². The van der Waals surface area contributed by atoms with E-state index in [0.29, 0.717) is 18.3 Å². The highest BCUT2D eigenvalue weighted by Gasteiger charge is 2.25. The number of rotatable bonds is 10. The molecule has 0 saturated heterocycles. The van der Waals surface area contributed by atoms with Gasteiger partial charge in [0.2, 0.25) is 0 Å². The van der Waals surface area contributed by atoms with Gasteiger partial charge in [0, 0.05) is 12.1 Å². The van der Waals surface area contributed by atoms with Gasteiger partial charge in [0.25, 0.3) is 11.6 Å². The third-order valence-electron chi connectivity index (χ3n) is 3.82. The number of methoxy groups -OCH3 is 1. The van der Waals surface area contributed by atoms with Crippen LogP contribution in [0.2, 0.25) is 0 Å². The fourth-order valence-corrected chi connectivity index (χ4v) is 2.52. The zero-order valence-corrected chi connectivity index (χ0v) is 15.6. The van der Waals surface area contributed by atoms with E-state index in [0.717, 1.165) is 19.3 Å². The summed E-state index contributed by atoms with van der Waals surface area (Å²) in [6.07, 6.45) is 2.90. The summed E-state index contributed by atoms with van der Waals surface area (Å²) < 4.78 is 10.5. The first-order valence-electron chi connectivity index (χ1n) is 8.60. The molecule has 140 valence electrons. The van der Waals surface area contributed by atoms with Crippen molar-refractivity contribution in [3.8, 4) is 11.5 Å². The second-order valence-electron chi connectivity index (χ2n) is 6.41. The van der Waals surface area contributed by atoms with E-state index in [9.17, 15) is 14.9 Å². The monoisotopic (exact) mass is 352 g/mol. The summed E-state index contributed by atoms with van der Waals surface area (Å²) in [7, 11) is 1.40. The van der Waals surface area contributed by atoms with E-state index in [4.69, 9.17) is 9.47 Å². The van der Waals surface area contributed by atoms with E-state index in [1.165, 1.54) is 19.2 Å². The highest BCUT2D eigenvalue weighted by molar-refractivity contribution is 5.99. The van der Waals surface area contributed by atoms with Crippen molar-refractivity contribution in [2.45, 2.75) is 53.0 Å². The molecule has 7 nitrogen and oxygen atoms in total. The molecule has 1 amide bonds. The smallest absolute Gasteiger partial charge is 0.286 e. The molecule has 0 saturated carbocycles. The van der Waals surface area contributed by atoms with Crippen LogP contribution in [0.15, 0.2) is 12.1 Å². The summed E-state index contributed by atoms with van der Waals surface area (Å²) in [5.74, 6) is 0.676. The fourth-order valence-electron chi connectivity index (χ4n) is 2.52. The van der Waals surface area contributed by atoms with Crippen LogP contribution in [0.25, 0.3) is 0 Å². The average molecular weight is 352 g/mol. The minimum atomic E-state index is -0.587. The van der Waals surface area contributed by atoms with Gasteiger partial charge in [-0.3, -0.25) is 14.9 Å². The topological polar surface area (TPSA) is 90.7 Å². The van der Waals surface area contributed by atoms with Crippen molar-refractivity contribution in [2.24, 2.45) is 5.92 Å². The number of carbonyl (C=O) groups excluding carboxylic acids is 1. The van der Waals surface area contributed by atoms with Crippen molar-refractivity contribution in [3.63, 3.8) is 0 Å². The zero-order valence-electron chi connectivity index (χ0n) is 15.6. The molecule has 25 heavy (non-hydrogen) atoms. The van der Waals surface area contributed by atoms with E-state index in [-0.39, 0.29) is 23.0 Å². The summed E-state index contributed by atoms with van der Waals surface area (Å²) in [4.78, 5) is 23.3. The van der Waals surface area contributed by atoms with Crippen LogP contribution in [0.3, 0.4) is 0 Å². The molecule has 0 aliphatic heterocycles. The Balaban J connectivity index is 2.98. The first kappa shape index (κ1) is 20.7. The molecule has 0 bridgehead atoms. The number of benzene rings is 1. The molecule has 1 unspecified atom stereocenters. The molecular formula is C18H28N2O5. The van der Waals surface area contributed by atoms with Crippen LogP contribution < -0.4 is 14.8 Å². The molecule has 0 aromatic heterocycles. The van der Waals surface area contributed by atoms with Gasteiger partial charge < -0.3 is 14.8 Å². The molecule has 0 aliphatic rings. The van der Waals surface area contributed by atoms with Crippen molar-refractivity contribution < 1.29 is 19.2 Å². The molecule has 1 rings (SSSR count). The Kier molecular flexibility index (Phi) is 8.18. The van der Waals surface area contributed by atoms with Gasteiger partial charge in [-0.15, -0.1) is 0 Å². The summed E-state index contributed by atoms with van der Waals surface area (Å²) in [6.45, 7) is 8.35. The molecule has 1 N–H and O–H groups in total. The van der Waals surface area contributed by atoms with Crippen LogP contribution in [-0.2, 0) is 0 Å². The predicted octanol–water partition coefficient (Wildman–Crippen LogP) is 3.95. The maximum absolute atomic E-state index is 12.5. The Morgan fingerprint density at radius 2 is 1.92 bits per heavy atom. The van der Waals surface area contributed by atoms with Crippen molar-refractivity contribution in [2.75, 3.05) is 13.7 Å². The zero-order chi connectivity index (χ0) is 19.0. The van der Waals surface area contributed by atoms with Crippen molar-refractivity contribution in [1.82, 2.24) is 5.32 Å². The van der Waals surface area contributed by atoms with Crippen LogP contribution in [0.5, 0.6) is 11.5 Å². The van der Waals surface area contributed by atoms with Gasteiger partial charge in [-0.2, -0.15) is 0 Å². The molecule has 1 aromatic rings. The van der Waals surface area contributed by atoms with Gasteiger partial charge in [0.1, 0.15) is 5.56 Å². The van der Waals surface area contributed by atoms with E-state index in [1.54, 1.807) is 6.92 Å². The number of hydrogen-bond acceptors (Lipinski definition) is 5. The Labute approximate surface area is 148 Å². The molecule has 0 aliphatic carbocycles. The van der Waals surface area contributed by atoms with Crippen LogP contribution >= 0.6 is 0 Å². The lowest BCUT2D eigenvalue weighted by Crippen LogP contribution is -2.33. The Hall–Kier alpha value is -2.31. The lowest BCUT2D eigenvalue weighted by molar-refractivity contribution is -0.385. The maximum atomic E-state index is 12.5. The molecular weight excluding hydrogens is 324 g/mol. The molecule has 0 heterocycles. The Morgan fingerprint density at radius 3 is 2.44 bits per heavy atom. The largest absolute Gasteiger partial charge is 0.493 e. The number of hydrogen-bond donors (Lipinski definition) is 1. The summed E-state index contributed by atoms with van der Waals surface area (Å²) in [5, 5.41) is 14.2. The summed E-state index contributed by atoms with van der Waals surface area (Å²) in [5.41, 5.74) is -0.322. The number of nitrogens with zero attached hydrogens (tertiary/aromatic N) is 1. The number of nitro benzene ring substituents is 1. The molecule has 1 atom stereocenters. The second-order valence-corrected chi connectivity index (χ2v) is 6.41. The summed E-state index contributed by atoms with van der Waals surface area (Å²) >= 11 is 0. The number of nitrogens with one attached hydrogen (secondary N) is 1. The highest BCUT2D eigenvalue weighted by Crippen LogP contribution is 2.34. The molecule has 0 fully saturated rings. The first-order chi connectivity index (χ1) is 11.8. The van der Waals surface area contributed by atoms with Gasteiger partial charge in [-0.05, 0) is 26.2 Å².